The lowest BCUT2D eigenvalue weighted by molar-refractivity contribution is -0.134. The van der Waals surface area contributed by atoms with Crippen LogP contribution in [0, 0.1) is 19.8 Å². The summed E-state index contributed by atoms with van der Waals surface area (Å²) in [4.78, 5) is 15.1. The summed E-state index contributed by atoms with van der Waals surface area (Å²) in [6.07, 6.45) is 7.45. The number of carbonyl (C=O) groups excluding carboxylic acids is 1. The molecule has 2 atom stereocenters. The number of aromatic nitrogens is 4. The zero-order valence-electron chi connectivity index (χ0n) is 16.1. The molecule has 0 N–H and O–H groups in total. The molecule has 7 heteroatoms. The molecule has 27 heavy (non-hydrogen) atoms. The molecule has 6 nitrogen and oxygen atoms in total. The largest absolute Gasteiger partial charge is 0.339 e. The van der Waals surface area contributed by atoms with Crippen molar-refractivity contribution in [3.63, 3.8) is 0 Å². The lowest BCUT2D eigenvalue weighted by Crippen LogP contribution is -2.50. The summed E-state index contributed by atoms with van der Waals surface area (Å²) in [6.45, 7) is 5.06. The van der Waals surface area contributed by atoms with Crippen LogP contribution < -0.4 is 0 Å². The summed E-state index contributed by atoms with van der Waals surface area (Å²) in [6, 6.07) is 6.56. The molecule has 2 heterocycles. The Hall–Kier alpha value is -1.89. The predicted octanol–water partition coefficient (Wildman–Crippen LogP) is 3.55. The number of likely N-dealkylation sites (tertiary alicyclic amines) is 1. The highest BCUT2D eigenvalue weighted by Gasteiger charge is 2.35. The molecular weight excluding hydrogens is 358 g/mol. The minimum absolute atomic E-state index is 0.229. The van der Waals surface area contributed by atoms with Gasteiger partial charge in [0, 0.05) is 12.6 Å². The Morgan fingerprint density at radius 1 is 1.19 bits per heavy atom. The molecular formula is C20H27N5OS. The first-order valence-corrected chi connectivity index (χ1v) is 10.9. The van der Waals surface area contributed by atoms with Crippen LogP contribution in [0.25, 0.3) is 5.69 Å². The van der Waals surface area contributed by atoms with E-state index in [2.05, 4.69) is 40.3 Å². The number of hydrogen-bond acceptors (Lipinski definition) is 5. The first-order chi connectivity index (χ1) is 13.1. The van der Waals surface area contributed by atoms with Crippen molar-refractivity contribution in [2.75, 3.05) is 12.3 Å². The standard InChI is InChI=1S/C20H27N5OS/c1-14-7-5-11-17(15(14)2)25-20(21-22-23-25)27-13-19(26)24-12-6-9-16-8-3-4-10-18(16)24/h5,7,11,16,18H,3-4,6,8-10,12-13H2,1-2H3/t16-,18-/m0/s1. The molecule has 1 saturated heterocycles. The third-order valence-electron chi connectivity index (χ3n) is 6.13. The molecule has 4 rings (SSSR count). The molecule has 1 aliphatic heterocycles. The summed E-state index contributed by atoms with van der Waals surface area (Å²) in [5.41, 5.74) is 3.33. The minimum Gasteiger partial charge on any atom is -0.339 e. The fourth-order valence-electron chi connectivity index (χ4n) is 4.53. The van der Waals surface area contributed by atoms with Crippen molar-refractivity contribution in [1.82, 2.24) is 25.1 Å². The first-order valence-electron chi connectivity index (χ1n) is 9.92. The number of benzene rings is 1. The van der Waals surface area contributed by atoms with Gasteiger partial charge < -0.3 is 4.90 Å². The van der Waals surface area contributed by atoms with E-state index in [9.17, 15) is 4.79 Å². The summed E-state index contributed by atoms with van der Waals surface area (Å²) in [5, 5.41) is 12.8. The van der Waals surface area contributed by atoms with E-state index in [1.54, 1.807) is 4.68 Å². The number of hydrogen-bond donors (Lipinski definition) is 0. The fourth-order valence-corrected chi connectivity index (χ4v) is 5.30. The van der Waals surface area contributed by atoms with E-state index < -0.39 is 0 Å². The van der Waals surface area contributed by atoms with Gasteiger partial charge in [-0.1, -0.05) is 36.7 Å². The van der Waals surface area contributed by atoms with Gasteiger partial charge in [-0.3, -0.25) is 4.79 Å². The van der Waals surface area contributed by atoms with Gasteiger partial charge in [0.25, 0.3) is 0 Å². The number of amides is 1. The van der Waals surface area contributed by atoms with Crippen molar-refractivity contribution >= 4 is 17.7 Å². The van der Waals surface area contributed by atoms with E-state index in [1.807, 2.05) is 12.1 Å². The van der Waals surface area contributed by atoms with E-state index in [-0.39, 0.29) is 5.91 Å². The van der Waals surface area contributed by atoms with Crippen LogP contribution in [0.3, 0.4) is 0 Å². The third-order valence-corrected chi connectivity index (χ3v) is 7.04. The summed E-state index contributed by atoms with van der Waals surface area (Å²) in [5.74, 6) is 1.34. The van der Waals surface area contributed by atoms with Crippen molar-refractivity contribution in [3.8, 4) is 5.69 Å². The van der Waals surface area contributed by atoms with E-state index in [0.717, 1.165) is 24.2 Å². The topological polar surface area (TPSA) is 63.9 Å². The Kier molecular flexibility index (Phi) is 5.48. The van der Waals surface area contributed by atoms with Crippen LogP contribution in [0.15, 0.2) is 23.4 Å². The molecule has 1 amide bonds. The van der Waals surface area contributed by atoms with Crippen LogP contribution in [0.5, 0.6) is 0 Å². The Balaban J connectivity index is 1.46. The summed E-state index contributed by atoms with van der Waals surface area (Å²) >= 11 is 1.44. The number of piperidine rings is 1. The molecule has 1 aromatic heterocycles. The third kappa shape index (κ3) is 3.74. The van der Waals surface area contributed by atoms with Gasteiger partial charge in [0.15, 0.2) is 0 Å². The van der Waals surface area contributed by atoms with Crippen molar-refractivity contribution in [3.05, 3.63) is 29.3 Å². The molecule has 1 saturated carbocycles. The highest BCUT2D eigenvalue weighted by molar-refractivity contribution is 7.99. The zero-order valence-corrected chi connectivity index (χ0v) is 16.9. The van der Waals surface area contributed by atoms with Gasteiger partial charge in [-0.2, -0.15) is 4.68 Å². The highest BCUT2D eigenvalue weighted by Crippen LogP contribution is 2.35. The number of carbonyl (C=O) groups is 1. The lowest BCUT2D eigenvalue weighted by atomic mass is 9.78. The van der Waals surface area contributed by atoms with Crippen molar-refractivity contribution in [2.45, 2.75) is 63.6 Å². The normalized spacial score (nSPS) is 22.5. The van der Waals surface area contributed by atoms with E-state index in [0.29, 0.717) is 22.9 Å². The van der Waals surface area contributed by atoms with Crippen LogP contribution in [-0.2, 0) is 4.79 Å². The lowest BCUT2D eigenvalue weighted by Gasteiger charge is -2.44. The van der Waals surface area contributed by atoms with Crippen molar-refractivity contribution in [1.29, 1.82) is 0 Å². The predicted molar refractivity (Wildman–Crippen MR) is 106 cm³/mol. The molecule has 2 aromatic rings. The van der Waals surface area contributed by atoms with Gasteiger partial charge in [-0.15, -0.1) is 5.10 Å². The second-order valence-electron chi connectivity index (χ2n) is 7.72. The smallest absolute Gasteiger partial charge is 0.233 e. The quantitative estimate of drug-likeness (QED) is 0.753. The molecule has 144 valence electrons. The van der Waals surface area contributed by atoms with Gasteiger partial charge >= 0.3 is 0 Å². The molecule has 2 aliphatic rings. The zero-order chi connectivity index (χ0) is 18.8. The Labute approximate surface area is 164 Å². The molecule has 0 bridgehead atoms. The summed E-state index contributed by atoms with van der Waals surface area (Å²) in [7, 11) is 0. The highest BCUT2D eigenvalue weighted by atomic mass is 32.2. The average molecular weight is 386 g/mol. The number of nitrogens with zero attached hydrogens (tertiary/aromatic N) is 5. The van der Waals surface area contributed by atoms with Gasteiger partial charge in [0.1, 0.15) is 0 Å². The molecule has 2 fully saturated rings. The second kappa shape index (κ2) is 8.00. The Morgan fingerprint density at radius 3 is 2.89 bits per heavy atom. The average Bonchev–Trinajstić information content (AvgIpc) is 3.16. The van der Waals surface area contributed by atoms with Crippen LogP contribution in [0.4, 0.5) is 0 Å². The number of fused-ring (bicyclic) bond motifs is 1. The molecule has 1 aromatic carbocycles. The fraction of sp³-hybridized carbons (Fsp3) is 0.600. The van der Waals surface area contributed by atoms with Gasteiger partial charge in [0.2, 0.25) is 11.1 Å². The van der Waals surface area contributed by atoms with Crippen molar-refractivity contribution in [2.24, 2.45) is 5.92 Å². The number of rotatable bonds is 4. The number of aryl methyl sites for hydroxylation is 1. The van der Waals surface area contributed by atoms with Crippen LogP contribution in [0.2, 0.25) is 0 Å². The maximum absolute atomic E-state index is 12.9. The molecule has 0 radical (unpaired) electrons. The number of thioether (sulfide) groups is 1. The van der Waals surface area contributed by atoms with Crippen LogP contribution in [-0.4, -0.2) is 49.4 Å². The number of tetrazole rings is 1. The molecule has 0 unspecified atom stereocenters. The molecule has 0 spiro atoms. The second-order valence-corrected chi connectivity index (χ2v) is 8.66. The summed E-state index contributed by atoms with van der Waals surface area (Å²) < 4.78 is 1.75. The SMILES string of the molecule is Cc1cccc(-n2nnnc2SCC(=O)N2CCC[C@@H]3CCCC[C@@H]32)c1C. The van der Waals surface area contributed by atoms with E-state index in [1.165, 1.54) is 49.4 Å². The van der Waals surface area contributed by atoms with E-state index >= 15 is 0 Å². The molecule has 1 aliphatic carbocycles. The van der Waals surface area contributed by atoms with E-state index in [4.69, 9.17) is 0 Å². The van der Waals surface area contributed by atoms with Gasteiger partial charge in [0.05, 0.1) is 11.4 Å². The maximum atomic E-state index is 12.9. The Bertz CT molecular complexity index is 818. The van der Waals surface area contributed by atoms with Gasteiger partial charge in [-0.25, -0.2) is 0 Å². The van der Waals surface area contributed by atoms with Gasteiger partial charge in [-0.05, 0) is 73.1 Å². The monoisotopic (exact) mass is 385 g/mol. The minimum atomic E-state index is 0.229. The Morgan fingerprint density at radius 2 is 2.00 bits per heavy atom. The van der Waals surface area contributed by atoms with Crippen LogP contribution >= 0.6 is 11.8 Å². The van der Waals surface area contributed by atoms with Crippen molar-refractivity contribution < 1.29 is 4.79 Å². The first kappa shape index (κ1) is 18.5. The maximum Gasteiger partial charge on any atom is 0.233 e. The van der Waals surface area contributed by atoms with Crippen LogP contribution in [0.1, 0.15) is 49.7 Å².